The molecule has 0 aliphatic rings. The zero-order valence-corrected chi connectivity index (χ0v) is 14.6. The van der Waals surface area contributed by atoms with Gasteiger partial charge in [-0.05, 0) is 48.0 Å². The van der Waals surface area contributed by atoms with Gasteiger partial charge >= 0.3 is 0 Å². The molecular formula is C22H15ClN2O. The van der Waals surface area contributed by atoms with Crippen molar-refractivity contribution in [2.75, 3.05) is 0 Å². The third kappa shape index (κ3) is 3.05. The van der Waals surface area contributed by atoms with E-state index in [-0.39, 0.29) is 5.56 Å². The summed E-state index contributed by atoms with van der Waals surface area (Å²) in [5.41, 5.74) is 2.22. The Labute approximate surface area is 155 Å². The molecule has 1 aromatic heterocycles. The van der Waals surface area contributed by atoms with Crippen LogP contribution in [0.25, 0.3) is 28.7 Å². The molecular weight excluding hydrogens is 344 g/mol. The molecule has 0 fully saturated rings. The molecule has 3 aromatic carbocycles. The molecule has 4 aromatic rings. The van der Waals surface area contributed by atoms with E-state index in [9.17, 15) is 4.79 Å². The zero-order chi connectivity index (χ0) is 17.9. The van der Waals surface area contributed by atoms with Crippen LogP contribution in [0, 0.1) is 0 Å². The van der Waals surface area contributed by atoms with Gasteiger partial charge in [0.25, 0.3) is 5.56 Å². The zero-order valence-electron chi connectivity index (χ0n) is 13.8. The minimum Gasteiger partial charge on any atom is -0.268 e. The lowest BCUT2D eigenvalue weighted by Crippen LogP contribution is -2.22. The summed E-state index contributed by atoms with van der Waals surface area (Å²) >= 11 is 6.23. The van der Waals surface area contributed by atoms with Gasteiger partial charge < -0.3 is 0 Å². The molecule has 1 heterocycles. The molecule has 0 atom stereocenters. The van der Waals surface area contributed by atoms with E-state index < -0.39 is 0 Å². The Bertz CT molecular complexity index is 1160. The maximum atomic E-state index is 13.1. The minimum atomic E-state index is -0.0967. The van der Waals surface area contributed by atoms with E-state index in [1.165, 1.54) is 0 Å². The van der Waals surface area contributed by atoms with Gasteiger partial charge in [-0.15, -0.1) is 0 Å². The Morgan fingerprint density at radius 1 is 0.808 bits per heavy atom. The molecule has 26 heavy (non-hydrogen) atoms. The minimum absolute atomic E-state index is 0.0967. The Morgan fingerprint density at radius 2 is 1.50 bits per heavy atom. The summed E-state index contributed by atoms with van der Waals surface area (Å²) in [7, 11) is 0. The fourth-order valence-electron chi connectivity index (χ4n) is 2.86. The van der Waals surface area contributed by atoms with Crippen LogP contribution < -0.4 is 5.56 Å². The average Bonchev–Trinajstić information content (AvgIpc) is 2.68. The summed E-state index contributed by atoms with van der Waals surface area (Å²) < 4.78 is 1.62. The standard InChI is InChI=1S/C22H15ClN2O/c23-19-12-6-4-8-16(19)14-15-21-24-20-13-7-5-11-18(20)22(26)25(21)17-9-2-1-3-10-17/h1-15H. The lowest BCUT2D eigenvalue weighted by Gasteiger charge is -2.11. The SMILES string of the molecule is O=c1c2ccccc2nc(C=Cc2ccccc2Cl)n1-c1ccccc1. The first-order valence-electron chi connectivity index (χ1n) is 8.24. The Morgan fingerprint density at radius 3 is 2.31 bits per heavy atom. The molecule has 0 unspecified atom stereocenters. The summed E-state index contributed by atoms with van der Waals surface area (Å²) in [6.45, 7) is 0. The largest absolute Gasteiger partial charge is 0.268 e. The van der Waals surface area contributed by atoms with Crippen molar-refractivity contribution in [2.45, 2.75) is 0 Å². The van der Waals surface area contributed by atoms with E-state index in [0.717, 1.165) is 11.3 Å². The first kappa shape index (κ1) is 16.3. The molecule has 0 bridgehead atoms. The van der Waals surface area contributed by atoms with Crippen molar-refractivity contribution >= 4 is 34.7 Å². The first-order chi connectivity index (χ1) is 12.7. The number of hydrogen-bond acceptors (Lipinski definition) is 2. The van der Waals surface area contributed by atoms with Crippen molar-refractivity contribution in [2.24, 2.45) is 0 Å². The van der Waals surface area contributed by atoms with Crippen LogP contribution in [-0.4, -0.2) is 9.55 Å². The van der Waals surface area contributed by atoms with Crippen molar-refractivity contribution in [3.63, 3.8) is 0 Å². The van der Waals surface area contributed by atoms with E-state index in [4.69, 9.17) is 16.6 Å². The normalized spacial score (nSPS) is 11.3. The summed E-state index contributed by atoms with van der Waals surface area (Å²) in [4.78, 5) is 17.8. The molecule has 0 saturated heterocycles. The second-order valence-corrected chi connectivity index (χ2v) is 6.23. The van der Waals surface area contributed by atoms with Crippen molar-refractivity contribution in [3.05, 3.63) is 106 Å². The van der Waals surface area contributed by atoms with Gasteiger partial charge in [-0.25, -0.2) is 4.98 Å². The van der Waals surface area contributed by atoms with Crippen molar-refractivity contribution in [1.29, 1.82) is 0 Å². The molecule has 126 valence electrons. The predicted octanol–water partition coefficient (Wildman–Crippen LogP) is 5.21. The van der Waals surface area contributed by atoms with Gasteiger partial charge in [0.2, 0.25) is 0 Å². The summed E-state index contributed by atoms with van der Waals surface area (Å²) in [6, 6.07) is 24.4. The lowest BCUT2D eigenvalue weighted by molar-refractivity contribution is 0.944. The van der Waals surface area contributed by atoms with Crippen LogP contribution in [-0.2, 0) is 0 Å². The predicted molar refractivity (Wildman–Crippen MR) is 108 cm³/mol. The maximum absolute atomic E-state index is 13.1. The van der Waals surface area contributed by atoms with Crippen molar-refractivity contribution < 1.29 is 0 Å². The van der Waals surface area contributed by atoms with Crippen LogP contribution in [0.1, 0.15) is 11.4 Å². The third-order valence-corrected chi connectivity index (χ3v) is 4.48. The fourth-order valence-corrected chi connectivity index (χ4v) is 3.06. The highest BCUT2D eigenvalue weighted by Crippen LogP contribution is 2.19. The van der Waals surface area contributed by atoms with Gasteiger partial charge in [-0.2, -0.15) is 0 Å². The number of hydrogen-bond donors (Lipinski definition) is 0. The average molecular weight is 359 g/mol. The van der Waals surface area contributed by atoms with Crippen LogP contribution in [0.2, 0.25) is 5.02 Å². The highest BCUT2D eigenvalue weighted by atomic mass is 35.5. The summed E-state index contributed by atoms with van der Waals surface area (Å²) in [6.07, 6.45) is 3.69. The Kier molecular flexibility index (Phi) is 4.38. The van der Waals surface area contributed by atoms with E-state index in [0.29, 0.717) is 21.7 Å². The first-order valence-corrected chi connectivity index (χ1v) is 8.62. The van der Waals surface area contributed by atoms with Crippen LogP contribution in [0.15, 0.2) is 83.7 Å². The smallest absolute Gasteiger partial charge is 0.266 e. The molecule has 0 amide bonds. The van der Waals surface area contributed by atoms with Gasteiger partial charge in [0.05, 0.1) is 16.6 Å². The molecule has 3 nitrogen and oxygen atoms in total. The highest BCUT2D eigenvalue weighted by Gasteiger charge is 2.10. The Balaban J connectivity index is 1.96. The number of para-hydroxylation sites is 2. The number of halogens is 1. The summed E-state index contributed by atoms with van der Waals surface area (Å²) in [5.74, 6) is 0.555. The van der Waals surface area contributed by atoms with Gasteiger partial charge in [0.1, 0.15) is 5.82 Å². The van der Waals surface area contributed by atoms with Crippen molar-refractivity contribution in [3.8, 4) is 5.69 Å². The van der Waals surface area contributed by atoms with Crippen LogP contribution >= 0.6 is 11.6 Å². The van der Waals surface area contributed by atoms with Crippen LogP contribution in [0.3, 0.4) is 0 Å². The number of rotatable bonds is 3. The second kappa shape index (κ2) is 6.98. The van der Waals surface area contributed by atoms with Crippen LogP contribution in [0.5, 0.6) is 0 Å². The number of nitrogens with zero attached hydrogens (tertiary/aromatic N) is 2. The quantitative estimate of drug-likeness (QED) is 0.504. The highest BCUT2D eigenvalue weighted by molar-refractivity contribution is 6.32. The van der Waals surface area contributed by atoms with E-state index >= 15 is 0 Å². The molecule has 0 saturated carbocycles. The summed E-state index contributed by atoms with van der Waals surface area (Å²) in [5, 5.41) is 1.24. The molecule has 0 spiro atoms. The Hall–Kier alpha value is -3.17. The van der Waals surface area contributed by atoms with Gasteiger partial charge in [0.15, 0.2) is 0 Å². The van der Waals surface area contributed by atoms with E-state index in [2.05, 4.69) is 0 Å². The maximum Gasteiger partial charge on any atom is 0.266 e. The van der Waals surface area contributed by atoms with Gasteiger partial charge in [-0.3, -0.25) is 9.36 Å². The fraction of sp³-hybridized carbons (Fsp3) is 0. The molecule has 0 N–H and O–H groups in total. The number of aromatic nitrogens is 2. The third-order valence-electron chi connectivity index (χ3n) is 4.13. The molecule has 0 aliphatic heterocycles. The van der Waals surface area contributed by atoms with Crippen molar-refractivity contribution in [1.82, 2.24) is 9.55 Å². The second-order valence-electron chi connectivity index (χ2n) is 5.82. The number of fused-ring (bicyclic) bond motifs is 1. The van der Waals surface area contributed by atoms with E-state index in [1.807, 2.05) is 84.9 Å². The van der Waals surface area contributed by atoms with E-state index in [1.54, 1.807) is 10.6 Å². The molecule has 4 rings (SSSR count). The van der Waals surface area contributed by atoms with Gasteiger partial charge in [0, 0.05) is 5.02 Å². The topological polar surface area (TPSA) is 34.9 Å². The van der Waals surface area contributed by atoms with Gasteiger partial charge in [-0.1, -0.05) is 60.1 Å². The lowest BCUT2D eigenvalue weighted by atomic mass is 10.2. The monoisotopic (exact) mass is 358 g/mol. The van der Waals surface area contributed by atoms with Crippen LogP contribution in [0.4, 0.5) is 0 Å². The molecule has 4 heteroatoms. The number of benzene rings is 3. The molecule has 0 aliphatic carbocycles. The molecule has 0 radical (unpaired) electrons.